The molecule has 82 valence electrons. The third kappa shape index (κ3) is 18.7. The van der Waals surface area contributed by atoms with Crippen LogP contribution >= 0.6 is 0 Å². The van der Waals surface area contributed by atoms with Gasteiger partial charge in [0.05, 0.1) is 0 Å². The van der Waals surface area contributed by atoms with Crippen molar-refractivity contribution in [2.24, 2.45) is 0 Å². The van der Waals surface area contributed by atoms with Gasteiger partial charge in [-0.25, -0.2) is 0 Å². The van der Waals surface area contributed by atoms with E-state index in [-0.39, 0.29) is 6.29 Å². The van der Waals surface area contributed by atoms with Crippen molar-refractivity contribution in [1.29, 1.82) is 0 Å². The van der Waals surface area contributed by atoms with Crippen LogP contribution in [0.4, 0.5) is 0 Å². The Morgan fingerprint density at radius 3 is 1.38 bits per heavy atom. The molecule has 13 heavy (non-hydrogen) atoms. The summed E-state index contributed by atoms with van der Waals surface area (Å²) in [4.78, 5) is 0. The molecule has 0 saturated carbocycles. The third-order valence-corrected chi connectivity index (χ3v) is 1.87. The van der Waals surface area contributed by atoms with Crippen LogP contribution in [0.5, 0.6) is 0 Å². The van der Waals surface area contributed by atoms with E-state index in [0.29, 0.717) is 0 Å². The summed E-state index contributed by atoms with van der Waals surface area (Å²) < 4.78 is 9.35. The quantitative estimate of drug-likeness (QED) is 0.470. The van der Waals surface area contributed by atoms with Gasteiger partial charge in [-0.05, 0) is 6.92 Å². The highest BCUT2D eigenvalue weighted by Crippen LogP contribution is 2.00. The first-order chi connectivity index (χ1) is 6.22. The molecule has 0 fully saturated rings. The Bertz CT molecular complexity index is 66.5. The molecule has 0 aromatic carbocycles. The summed E-state index contributed by atoms with van der Waals surface area (Å²) in [7, 11) is 3.21. The zero-order valence-electron chi connectivity index (χ0n) is 9.93. The lowest BCUT2D eigenvalue weighted by Crippen LogP contribution is -2.05. The molecule has 0 N–H and O–H groups in total. The van der Waals surface area contributed by atoms with E-state index in [4.69, 9.17) is 0 Å². The fourth-order valence-electron chi connectivity index (χ4n) is 0.773. The van der Waals surface area contributed by atoms with E-state index in [0.717, 1.165) is 0 Å². The fraction of sp³-hybridized carbons (Fsp3) is 1.00. The van der Waals surface area contributed by atoms with Gasteiger partial charge in [-0.2, -0.15) is 0 Å². The van der Waals surface area contributed by atoms with Crippen LogP contribution in [0.2, 0.25) is 0 Å². The molecule has 2 heteroatoms. The molecular formula is C11H26O2. The van der Waals surface area contributed by atoms with E-state index in [1.165, 1.54) is 32.1 Å². The normalized spacial score (nSPS) is 9.69. The highest BCUT2D eigenvalue weighted by molar-refractivity contribution is 4.35. The van der Waals surface area contributed by atoms with Crippen LogP contribution in [0, 0.1) is 0 Å². The number of unbranched alkanes of at least 4 members (excludes halogenated alkanes) is 4. The minimum absolute atomic E-state index is 0.0648. The van der Waals surface area contributed by atoms with Crippen molar-refractivity contribution in [2.45, 2.75) is 59.2 Å². The average molecular weight is 190 g/mol. The zero-order valence-corrected chi connectivity index (χ0v) is 9.93. The molecule has 0 aliphatic carbocycles. The summed E-state index contributed by atoms with van der Waals surface area (Å²) in [5.41, 5.74) is 0. The van der Waals surface area contributed by atoms with Crippen molar-refractivity contribution >= 4 is 0 Å². The standard InChI is InChI=1S/C7H16.C4H10O2/c1-3-5-7-6-4-2;1-4(5-2)6-3/h3-7H2,1-2H3;4H,1-3H3. The van der Waals surface area contributed by atoms with Crippen LogP contribution in [0.25, 0.3) is 0 Å². The maximum absolute atomic E-state index is 4.68. The van der Waals surface area contributed by atoms with Crippen molar-refractivity contribution < 1.29 is 9.47 Å². The number of hydrogen-bond acceptors (Lipinski definition) is 2. The van der Waals surface area contributed by atoms with Crippen LogP contribution in [0.3, 0.4) is 0 Å². The van der Waals surface area contributed by atoms with Gasteiger partial charge in [0.25, 0.3) is 0 Å². The Morgan fingerprint density at radius 1 is 0.846 bits per heavy atom. The molecule has 0 radical (unpaired) electrons. The fourth-order valence-corrected chi connectivity index (χ4v) is 0.773. The van der Waals surface area contributed by atoms with E-state index in [2.05, 4.69) is 23.3 Å². The lowest BCUT2D eigenvalue weighted by atomic mass is 10.2. The van der Waals surface area contributed by atoms with E-state index in [1.807, 2.05) is 6.92 Å². The molecular weight excluding hydrogens is 164 g/mol. The minimum atomic E-state index is -0.0648. The summed E-state index contributed by atoms with van der Waals surface area (Å²) >= 11 is 0. The number of ether oxygens (including phenoxy) is 2. The van der Waals surface area contributed by atoms with Crippen LogP contribution in [0.1, 0.15) is 52.9 Å². The van der Waals surface area contributed by atoms with E-state index in [9.17, 15) is 0 Å². The van der Waals surface area contributed by atoms with Gasteiger partial charge in [0, 0.05) is 14.2 Å². The average Bonchev–Trinajstić information content (AvgIpc) is 2.18. The Morgan fingerprint density at radius 2 is 1.23 bits per heavy atom. The van der Waals surface area contributed by atoms with Crippen molar-refractivity contribution in [1.82, 2.24) is 0 Å². The van der Waals surface area contributed by atoms with Gasteiger partial charge in [-0.1, -0.05) is 46.0 Å². The summed E-state index contributed by atoms with van der Waals surface area (Å²) in [6, 6.07) is 0. The summed E-state index contributed by atoms with van der Waals surface area (Å²) in [5, 5.41) is 0. The lowest BCUT2D eigenvalue weighted by Gasteiger charge is -2.03. The Kier molecular flexibility index (Phi) is 17.1. The summed E-state index contributed by atoms with van der Waals surface area (Å²) in [6.07, 6.45) is 6.94. The van der Waals surface area contributed by atoms with Gasteiger partial charge in [0.1, 0.15) is 0 Å². The van der Waals surface area contributed by atoms with Gasteiger partial charge < -0.3 is 9.47 Å². The molecule has 0 amide bonds. The smallest absolute Gasteiger partial charge is 0.154 e. The van der Waals surface area contributed by atoms with Crippen molar-refractivity contribution in [3.05, 3.63) is 0 Å². The predicted molar refractivity (Wildman–Crippen MR) is 57.9 cm³/mol. The second kappa shape index (κ2) is 14.4. The molecule has 0 atom stereocenters. The minimum Gasteiger partial charge on any atom is -0.356 e. The molecule has 0 rings (SSSR count). The van der Waals surface area contributed by atoms with Crippen LogP contribution in [0.15, 0.2) is 0 Å². The maximum atomic E-state index is 4.68. The maximum Gasteiger partial charge on any atom is 0.154 e. The molecule has 0 aromatic heterocycles. The van der Waals surface area contributed by atoms with Crippen molar-refractivity contribution in [3.63, 3.8) is 0 Å². The van der Waals surface area contributed by atoms with Gasteiger partial charge in [0.15, 0.2) is 6.29 Å². The molecule has 0 heterocycles. The summed E-state index contributed by atoms with van der Waals surface area (Å²) in [6.45, 7) is 6.32. The van der Waals surface area contributed by atoms with Gasteiger partial charge in [0.2, 0.25) is 0 Å². The third-order valence-electron chi connectivity index (χ3n) is 1.87. The highest BCUT2D eigenvalue weighted by atomic mass is 16.7. The van der Waals surface area contributed by atoms with Gasteiger partial charge in [-0.3, -0.25) is 0 Å². The Balaban J connectivity index is 0. The predicted octanol–water partition coefficient (Wildman–Crippen LogP) is 3.60. The number of rotatable bonds is 6. The number of hydrogen-bond donors (Lipinski definition) is 0. The second-order valence-corrected chi connectivity index (χ2v) is 3.10. The van der Waals surface area contributed by atoms with E-state index in [1.54, 1.807) is 14.2 Å². The lowest BCUT2D eigenvalue weighted by molar-refractivity contribution is -0.0877. The largest absolute Gasteiger partial charge is 0.356 e. The van der Waals surface area contributed by atoms with Gasteiger partial charge >= 0.3 is 0 Å². The molecule has 0 aliphatic heterocycles. The van der Waals surface area contributed by atoms with Gasteiger partial charge in [-0.15, -0.1) is 0 Å². The van der Waals surface area contributed by atoms with Crippen LogP contribution in [-0.2, 0) is 9.47 Å². The second-order valence-electron chi connectivity index (χ2n) is 3.10. The molecule has 0 spiro atoms. The van der Waals surface area contributed by atoms with E-state index >= 15 is 0 Å². The Hall–Kier alpha value is -0.0800. The first-order valence-corrected chi connectivity index (χ1v) is 5.28. The first-order valence-electron chi connectivity index (χ1n) is 5.28. The summed E-state index contributed by atoms with van der Waals surface area (Å²) in [5.74, 6) is 0. The van der Waals surface area contributed by atoms with Crippen LogP contribution < -0.4 is 0 Å². The van der Waals surface area contributed by atoms with Crippen molar-refractivity contribution in [3.8, 4) is 0 Å². The molecule has 2 nitrogen and oxygen atoms in total. The molecule has 0 saturated heterocycles. The van der Waals surface area contributed by atoms with Crippen molar-refractivity contribution in [2.75, 3.05) is 14.2 Å². The number of methoxy groups -OCH3 is 2. The molecule has 0 bridgehead atoms. The molecule has 0 unspecified atom stereocenters. The SMILES string of the molecule is CCCCCCC.COC(C)OC. The zero-order chi connectivity index (χ0) is 10.5. The highest BCUT2D eigenvalue weighted by Gasteiger charge is 1.87. The Labute approximate surface area is 83.6 Å². The molecule has 0 aromatic rings. The topological polar surface area (TPSA) is 18.5 Å². The van der Waals surface area contributed by atoms with E-state index < -0.39 is 0 Å². The molecule has 0 aliphatic rings. The monoisotopic (exact) mass is 190 g/mol. The first kappa shape index (κ1) is 15.4. The van der Waals surface area contributed by atoms with Crippen LogP contribution in [-0.4, -0.2) is 20.5 Å².